The van der Waals surface area contributed by atoms with Crippen molar-refractivity contribution in [2.45, 2.75) is 6.42 Å². The number of anilines is 1. The van der Waals surface area contributed by atoms with Crippen molar-refractivity contribution in [1.29, 1.82) is 0 Å². The van der Waals surface area contributed by atoms with Gasteiger partial charge in [0.1, 0.15) is 5.82 Å². The van der Waals surface area contributed by atoms with Crippen molar-refractivity contribution in [1.82, 2.24) is 0 Å². The van der Waals surface area contributed by atoms with Gasteiger partial charge in [-0.15, -0.1) is 0 Å². The summed E-state index contributed by atoms with van der Waals surface area (Å²) in [7, 11) is 0. The first-order chi connectivity index (χ1) is 10.0. The highest BCUT2D eigenvalue weighted by atomic mass is 79.9. The fraction of sp³-hybridized carbons (Fsp3) is 0.133. The second-order valence-corrected chi connectivity index (χ2v) is 5.29. The van der Waals surface area contributed by atoms with Crippen molar-refractivity contribution >= 4 is 27.5 Å². The number of hydrogen-bond acceptors (Lipinski definition) is 2. The number of nitrogens with two attached hydrogens (primary N) is 1. The summed E-state index contributed by atoms with van der Waals surface area (Å²) in [6, 6.07) is 8.65. The van der Waals surface area contributed by atoms with Crippen molar-refractivity contribution in [2.24, 2.45) is 5.73 Å². The molecule has 2 aromatic carbocycles. The molecule has 0 unspecified atom stereocenters. The van der Waals surface area contributed by atoms with Crippen molar-refractivity contribution in [3.63, 3.8) is 0 Å². The molecule has 0 saturated heterocycles. The van der Waals surface area contributed by atoms with Crippen molar-refractivity contribution in [3.05, 3.63) is 63.6 Å². The Morgan fingerprint density at radius 3 is 2.43 bits per heavy atom. The topological polar surface area (TPSA) is 55.1 Å². The lowest BCUT2D eigenvalue weighted by Gasteiger charge is -2.09. The number of carbonyl (C=O) groups is 1. The summed E-state index contributed by atoms with van der Waals surface area (Å²) >= 11 is 3.02. The van der Waals surface area contributed by atoms with Crippen LogP contribution in [0.1, 0.15) is 15.9 Å². The third kappa shape index (κ3) is 3.86. The lowest BCUT2D eigenvalue weighted by Crippen LogP contribution is -2.14. The predicted molar refractivity (Wildman–Crippen MR) is 81.2 cm³/mol. The van der Waals surface area contributed by atoms with E-state index < -0.39 is 17.5 Å². The highest BCUT2D eigenvalue weighted by Gasteiger charge is 2.14. The Morgan fingerprint density at radius 2 is 1.86 bits per heavy atom. The molecule has 0 atom stereocenters. The van der Waals surface area contributed by atoms with E-state index in [9.17, 15) is 13.6 Å². The minimum Gasteiger partial charge on any atom is -0.330 e. The summed E-state index contributed by atoms with van der Waals surface area (Å²) in [4.78, 5) is 12.1. The number of hydrogen-bond donors (Lipinski definition) is 2. The monoisotopic (exact) mass is 354 g/mol. The van der Waals surface area contributed by atoms with Gasteiger partial charge in [-0.25, -0.2) is 8.78 Å². The number of nitrogens with one attached hydrogen (secondary N) is 1. The summed E-state index contributed by atoms with van der Waals surface area (Å²) < 4.78 is 26.8. The van der Waals surface area contributed by atoms with E-state index in [1.807, 2.05) is 0 Å². The Bertz CT molecular complexity index is 636. The summed E-state index contributed by atoms with van der Waals surface area (Å²) in [5.41, 5.74) is 6.76. The summed E-state index contributed by atoms with van der Waals surface area (Å²) in [5, 5.41) is 2.42. The van der Waals surface area contributed by atoms with E-state index in [4.69, 9.17) is 5.73 Å². The molecule has 0 bridgehead atoms. The average molecular weight is 355 g/mol. The predicted octanol–water partition coefficient (Wildman–Crippen LogP) is 3.48. The lowest BCUT2D eigenvalue weighted by molar-refractivity contribution is 0.102. The molecule has 110 valence electrons. The fourth-order valence-electron chi connectivity index (χ4n) is 1.84. The zero-order valence-corrected chi connectivity index (χ0v) is 12.6. The van der Waals surface area contributed by atoms with Gasteiger partial charge >= 0.3 is 0 Å². The van der Waals surface area contributed by atoms with E-state index in [0.29, 0.717) is 18.2 Å². The first-order valence-electron chi connectivity index (χ1n) is 6.26. The number of carbonyl (C=O) groups excluding carboxylic acids is 1. The van der Waals surface area contributed by atoms with Gasteiger partial charge in [0.2, 0.25) is 0 Å². The summed E-state index contributed by atoms with van der Waals surface area (Å²) in [6.45, 7) is 0.527. The molecule has 2 rings (SSSR count). The van der Waals surface area contributed by atoms with Crippen LogP contribution in [0.2, 0.25) is 0 Å². The Hall–Kier alpha value is -1.79. The molecule has 2 aromatic rings. The first-order valence-corrected chi connectivity index (χ1v) is 7.05. The molecule has 3 nitrogen and oxygen atoms in total. The molecular formula is C15H13BrF2N2O. The molecule has 0 saturated carbocycles. The van der Waals surface area contributed by atoms with Gasteiger partial charge in [-0.3, -0.25) is 4.79 Å². The van der Waals surface area contributed by atoms with Crippen LogP contribution in [0.15, 0.2) is 40.9 Å². The zero-order chi connectivity index (χ0) is 15.4. The maximum Gasteiger partial charge on any atom is 0.255 e. The molecule has 0 fully saturated rings. The largest absolute Gasteiger partial charge is 0.330 e. The number of benzene rings is 2. The van der Waals surface area contributed by atoms with Gasteiger partial charge in [-0.2, -0.15) is 0 Å². The Balaban J connectivity index is 2.18. The molecule has 0 aliphatic heterocycles. The van der Waals surface area contributed by atoms with Crippen LogP contribution in [0.3, 0.4) is 0 Å². The van der Waals surface area contributed by atoms with Gasteiger partial charge in [0.15, 0.2) is 5.82 Å². The van der Waals surface area contributed by atoms with Gasteiger partial charge < -0.3 is 11.1 Å². The second kappa shape index (κ2) is 6.78. The van der Waals surface area contributed by atoms with E-state index in [1.54, 1.807) is 24.3 Å². The second-order valence-electron chi connectivity index (χ2n) is 4.43. The molecule has 0 aliphatic rings. The SMILES string of the molecule is NCCc1ccc(C(=O)Nc2c(F)cc(F)cc2Br)cc1. The van der Waals surface area contributed by atoms with Crippen LogP contribution >= 0.6 is 15.9 Å². The lowest BCUT2D eigenvalue weighted by atomic mass is 10.1. The van der Waals surface area contributed by atoms with E-state index in [-0.39, 0.29) is 10.2 Å². The third-order valence-electron chi connectivity index (χ3n) is 2.89. The quantitative estimate of drug-likeness (QED) is 0.882. The molecule has 0 aromatic heterocycles. The van der Waals surface area contributed by atoms with Crippen LogP contribution in [0.25, 0.3) is 0 Å². The van der Waals surface area contributed by atoms with Crippen LogP contribution in [0.5, 0.6) is 0 Å². The van der Waals surface area contributed by atoms with Crippen LogP contribution < -0.4 is 11.1 Å². The minimum atomic E-state index is -0.838. The summed E-state index contributed by atoms with van der Waals surface area (Å²) in [6.07, 6.45) is 0.722. The average Bonchev–Trinajstić information content (AvgIpc) is 2.43. The van der Waals surface area contributed by atoms with Crippen molar-refractivity contribution in [2.75, 3.05) is 11.9 Å². The van der Waals surface area contributed by atoms with Crippen LogP contribution in [-0.4, -0.2) is 12.5 Å². The maximum absolute atomic E-state index is 13.7. The molecule has 21 heavy (non-hydrogen) atoms. The highest BCUT2D eigenvalue weighted by molar-refractivity contribution is 9.10. The highest BCUT2D eigenvalue weighted by Crippen LogP contribution is 2.27. The van der Waals surface area contributed by atoms with Gasteiger partial charge in [0.25, 0.3) is 5.91 Å². The number of amides is 1. The number of halogens is 3. The molecule has 1 amide bonds. The molecule has 3 N–H and O–H groups in total. The molecule has 0 heterocycles. The van der Waals surface area contributed by atoms with Gasteiger partial charge in [-0.05, 0) is 52.7 Å². The molecule has 6 heteroatoms. The zero-order valence-electron chi connectivity index (χ0n) is 11.0. The smallest absolute Gasteiger partial charge is 0.255 e. The minimum absolute atomic E-state index is 0.0903. The Kier molecular flexibility index (Phi) is 5.03. The molecule has 0 spiro atoms. The first kappa shape index (κ1) is 15.6. The Morgan fingerprint density at radius 1 is 1.19 bits per heavy atom. The van der Waals surface area contributed by atoms with Crippen LogP contribution in [0.4, 0.5) is 14.5 Å². The van der Waals surface area contributed by atoms with Gasteiger partial charge in [-0.1, -0.05) is 12.1 Å². The standard InChI is InChI=1S/C15H13BrF2N2O/c16-12-7-11(17)8-13(18)14(12)20-15(21)10-3-1-9(2-4-10)5-6-19/h1-4,7-8H,5-6,19H2,(H,20,21). The Labute approximate surface area is 129 Å². The molecular weight excluding hydrogens is 342 g/mol. The summed E-state index contributed by atoms with van der Waals surface area (Å²) in [5.74, 6) is -2.03. The van der Waals surface area contributed by atoms with Crippen LogP contribution in [0, 0.1) is 11.6 Å². The number of rotatable bonds is 4. The van der Waals surface area contributed by atoms with E-state index in [1.165, 1.54) is 0 Å². The fourth-order valence-corrected chi connectivity index (χ4v) is 2.34. The third-order valence-corrected chi connectivity index (χ3v) is 3.52. The molecule has 0 radical (unpaired) electrons. The van der Waals surface area contributed by atoms with E-state index >= 15 is 0 Å². The maximum atomic E-state index is 13.7. The van der Waals surface area contributed by atoms with E-state index in [2.05, 4.69) is 21.2 Å². The van der Waals surface area contributed by atoms with Crippen LogP contribution in [-0.2, 0) is 6.42 Å². The van der Waals surface area contributed by atoms with Crippen molar-refractivity contribution < 1.29 is 13.6 Å². The van der Waals surface area contributed by atoms with E-state index in [0.717, 1.165) is 18.1 Å². The molecule has 0 aliphatic carbocycles. The van der Waals surface area contributed by atoms with Gasteiger partial charge in [0.05, 0.1) is 5.69 Å². The van der Waals surface area contributed by atoms with Gasteiger partial charge in [0, 0.05) is 16.1 Å². The normalized spacial score (nSPS) is 10.5. The van der Waals surface area contributed by atoms with Crippen molar-refractivity contribution in [3.8, 4) is 0 Å².